The molecule has 1 amide bonds. The molecule has 2 N–H and O–H groups in total. The normalized spacial score (nSPS) is 12.7. The molecule has 19 heavy (non-hydrogen) atoms. The van der Waals surface area contributed by atoms with Crippen LogP contribution >= 0.6 is 0 Å². The van der Waals surface area contributed by atoms with Crippen LogP contribution in [0.1, 0.15) is 34.1 Å². The van der Waals surface area contributed by atoms with Gasteiger partial charge in [-0.2, -0.15) is 0 Å². The van der Waals surface area contributed by atoms with Crippen molar-refractivity contribution in [2.45, 2.75) is 39.7 Å². The van der Waals surface area contributed by atoms with Gasteiger partial charge in [0, 0.05) is 18.6 Å². The Morgan fingerprint density at radius 3 is 2.26 bits per heavy atom. The molecule has 0 bridgehead atoms. The zero-order valence-electron chi connectivity index (χ0n) is 12.6. The van der Waals surface area contributed by atoms with Crippen molar-refractivity contribution in [3.8, 4) is 0 Å². The third-order valence-electron chi connectivity index (χ3n) is 2.38. The zero-order valence-corrected chi connectivity index (χ0v) is 13.4. The smallest absolute Gasteiger partial charge is 0.234 e. The Kier molecular flexibility index (Phi) is 7.54. The average molecular weight is 293 g/mol. The van der Waals surface area contributed by atoms with Crippen LogP contribution in [0.15, 0.2) is 0 Å². The van der Waals surface area contributed by atoms with Gasteiger partial charge in [0.2, 0.25) is 15.9 Å². The first-order valence-electron chi connectivity index (χ1n) is 6.53. The van der Waals surface area contributed by atoms with Crippen molar-refractivity contribution in [3.05, 3.63) is 0 Å². The molecule has 0 aromatic rings. The number of nitrogens with zero attached hydrogens (tertiary/aromatic N) is 1. The fourth-order valence-electron chi connectivity index (χ4n) is 1.60. The highest BCUT2D eigenvalue weighted by molar-refractivity contribution is 7.88. The van der Waals surface area contributed by atoms with Gasteiger partial charge in [0.25, 0.3) is 0 Å². The highest BCUT2D eigenvalue weighted by Gasteiger charge is 2.14. The topological polar surface area (TPSA) is 78.5 Å². The Morgan fingerprint density at radius 2 is 1.84 bits per heavy atom. The van der Waals surface area contributed by atoms with Crippen molar-refractivity contribution in [1.29, 1.82) is 0 Å². The lowest BCUT2D eigenvalue weighted by Gasteiger charge is -2.21. The van der Waals surface area contributed by atoms with Crippen LogP contribution in [0.25, 0.3) is 0 Å². The van der Waals surface area contributed by atoms with E-state index in [1.165, 1.54) is 10.6 Å². The Labute approximate surface area is 117 Å². The maximum atomic E-state index is 11.5. The summed E-state index contributed by atoms with van der Waals surface area (Å²) in [7, 11) is -3.12. The Bertz CT molecular complexity index is 374. The fourth-order valence-corrected chi connectivity index (χ4v) is 2.53. The Morgan fingerprint density at radius 1 is 1.26 bits per heavy atom. The lowest BCUT2D eigenvalue weighted by atomic mass is 10.1. The van der Waals surface area contributed by atoms with Crippen LogP contribution in [-0.2, 0) is 14.8 Å². The predicted molar refractivity (Wildman–Crippen MR) is 77.5 cm³/mol. The van der Waals surface area contributed by atoms with Crippen LogP contribution < -0.4 is 10.6 Å². The second-order valence-electron chi connectivity index (χ2n) is 5.58. The van der Waals surface area contributed by atoms with Crippen LogP contribution in [0, 0.1) is 0 Å². The van der Waals surface area contributed by atoms with Crippen molar-refractivity contribution in [2.24, 2.45) is 0 Å². The summed E-state index contributed by atoms with van der Waals surface area (Å²) in [6.45, 7) is 9.41. The number of rotatable bonds is 8. The van der Waals surface area contributed by atoms with Gasteiger partial charge < -0.3 is 10.6 Å². The van der Waals surface area contributed by atoms with Crippen molar-refractivity contribution in [2.75, 3.05) is 32.4 Å². The highest BCUT2D eigenvalue weighted by atomic mass is 32.2. The van der Waals surface area contributed by atoms with Crippen LogP contribution in [0.2, 0.25) is 0 Å². The van der Waals surface area contributed by atoms with Gasteiger partial charge in [-0.05, 0) is 33.7 Å². The quantitative estimate of drug-likeness (QED) is 0.625. The maximum absolute atomic E-state index is 11.5. The second-order valence-corrected chi connectivity index (χ2v) is 7.57. The van der Waals surface area contributed by atoms with E-state index in [1.54, 1.807) is 0 Å². The number of hydrogen-bond acceptors (Lipinski definition) is 4. The molecule has 0 aromatic carbocycles. The second kappa shape index (κ2) is 7.81. The van der Waals surface area contributed by atoms with Crippen LogP contribution in [-0.4, -0.2) is 56.6 Å². The van der Waals surface area contributed by atoms with Gasteiger partial charge in [-0.15, -0.1) is 0 Å². The van der Waals surface area contributed by atoms with Gasteiger partial charge in [-0.1, -0.05) is 6.92 Å². The lowest BCUT2D eigenvalue weighted by Crippen LogP contribution is -2.45. The van der Waals surface area contributed by atoms with Crippen molar-refractivity contribution >= 4 is 15.9 Å². The highest BCUT2D eigenvalue weighted by Crippen LogP contribution is 1.98. The van der Waals surface area contributed by atoms with Gasteiger partial charge >= 0.3 is 0 Å². The van der Waals surface area contributed by atoms with E-state index in [0.717, 1.165) is 0 Å². The SMILES string of the molecule is CCN(CCCNCC(=O)NC(C)(C)C)S(C)(=O)=O. The largest absolute Gasteiger partial charge is 0.350 e. The van der Waals surface area contributed by atoms with E-state index in [-0.39, 0.29) is 18.0 Å². The first kappa shape index (κ1) is 18.3. The number of nitrogens with one attached hydrogen (secondary N) is 2. The van der Waals surface area contributed by atoms with E-state index >= 15 is 0 Å². The molecule has 0 aliphatic carbocycles. The van der Waals surface area contributed by atoms with Gasteiger partial charge in [0.15, 0.2) is 0 Å². The number of sulfonamides is 1. The first-order valence-corrected chi connectivity index (χ1v) is 8.38. The van der Waals surface area contributed by atoms with E-state index in [4.69, 9.17) is 0 Å². The minimum atomic E-state index is -3.12. The molecule has 0 atom stereocenters. The van der Waals surface area contributed by atoms with Crippen molar-refractivity contribution in [3.63, 3.8) is 0 Å². The monoisotopic (exact) mass is 293 g/mol. The molecule has 0 saturated heterocycles. The Hall–Kier alpha value is -0.660. The number of amides is 1. The summed E-state index contributed by atoms with van der Waals surface area (Å²) < 4.78 is 24.1. The third kappa shape index (κ3) is 9.86. The number of carbonyl (C=O) groups excluding carboxylic acids is 1. The molecule has 0 aromatic heterocycles. The van der Waals surface area contributed by atoms with E-state index in [0.29, 0.717) is 26.1 Å². The number of hydrogen-bond donors (Lipinski definition) is 2. The van der Waals surface area contributed by atoms with Crippen molar-refractivity contribution < 1.29 is 13.2 Å². The van der Waals surface area contributed by atoms with E-state index in [2.05, 4.69) is 10.6 Å². The summed E-state index contributed by atoms with van der Waals surface area (Å²) in [4.78, 5) is 11.5. The molecule has 114 valence electrons. The van der Waals surface area contributed by atoms with Crippen LogP contribution in [0.3, 0.4) is 0 Å². The molecule has 7 heteroatoms. The van der Waals surface area contributed by atoms with Gasteiger partial charge in [0.05, 0.1) is 12.8 Å². The van der Waals surface area contributed by atoms with E-state index in [1.807, 2.05) is 27.7 Å². The summed E-state index contributed by atoms with van der Waals surface area (Å²) >= 11 is 0. The molecular formula is C12H27N3O3S. The third-order valence-corrected chi connectivity index (χ3v) is 3.76. The van der Waals surface area contributed by atoms with Gasteiger partial charge in [-0.3, -0.25) is 4.79 Å². The summed E-state index contributed by atoms with van der Waals surface area (Å²) in [5, 5.41) is 5.85. The van der Waals surface area contributed by atoms with E-state index in [9.17, 15) is 13.2 Å². The predicted octanol–water partition coefficient (Wildman–Crippen LogP) is 0.162. The van der Waals surface area contributed by atoms with Crippen LogP contribution in [0.5, 0.6) is 0 Å². The Balaban J connectivity index is 3.79. The summed E-state index contributed by atoms with van der Waals surface area (Å²) in [6, 6.07) is 0. The first-order chi connectivity index (χ1) is 8.56. The van der Waals surface area contributed by atoms with E-state index < -0.39 is 10.0 Å². The molecule has 0 heterocycles. The molecule has 6 nitrogen and oxygen atoms in total. The summed E-state index contributed by atoms with van der Waals surface area (Å²) in [5.41, 5.74) is -0.228. The standard InChI is InChI=1S/C12H27N3O3S/c1-6-15(19(5,17)18)9-7-8-13-10-11(16)14-12(2,3)4/h13H,6-10H2,1-5H3,(H,14,16). The molecule has 0 fully saturated rings. The molecular weight excluding hydrogens is 266 g/mol. The van der Waals surface area contributed by atoms with Crippen LogP contribution in [0.4, 0.5) is 0 Å². The minimum Gasteiger partial charge on any atom is -0.350 e. The molecule has 0 rings (SSSR count). The molecule has 0 aliphatic rings. The summed E-state index contributed by atoms with van der Waals surface area (Å²) in [5.74, 6) is -0.0528. The number of carbonyl (C=O) groups is 1. The molecule has 0 saturated carbocycles. The zero-order chi connectivity index (χ0) is 15.1. The molecule has 0 radical (unpaired) electrons. The van der Waals surface area contributed by atoms with Gasteiger partial charge in [0.1, 0.15) is 0 Å². The molecule has 0 spiro atoms. The molecule has 0 aliphatic heterocycles. The average Bonchev–Trinajstić information content (AvgIpc) is 2.18. The summed E-state index contributed by atoms with van der Waals surface area (Å²) in [6.07, 6.45) is 1.89. The fraction of sp³-hybridized carbons (Fsp3) is 0.917. The molecule has 0 unspecified atom stereocenters. The minimum absolute atomic E-state index is 0.0528. The van der Waals surface area contributed by atoms with Gasteiger partial charge in [-0.25, -0.2) is 12.7 Å². The van der Waals surface area contributed by atoms with Crippen molar-refractivity contribution in [1.82, 2.24) is 14.9 Å². The lowest BCUT2D eigenvalue weighted by molar-refractivity contribution is -0.121. The maximum Gasteiger partial charge on any atom is 0.234 e.